The molecule has 0 aliphatic carbocycles. The zero-order chi connectivity index (χ0) is 22.5. The van der Waals surface area contributed by atoms with Gasteiger partial charge in [-0.1, -0.05) is 6.07 Å². The van der Waals surface area contributed by atoms with Gasteiger partial charge in [-0.25, -0.2) is 0 Å². The fourth-order valence-electron chi connectivity index (χ4n) is 3.57. The maximum Gasteiger partial charge on any atom is 0.244 e. The molecule has 0 saturated carbocycles. The van der Waals surface area contributed by atoms with Crippen molar-refractivity contribution in [2.75, 3.05) is 32.8 Å². The smallest absolute Gasteiger partial charge is 0.244 e. The Kier molecular flexibility index (Phi) is 6.84. The van der Waals surface area contributed by atoms with Gasteiger partial charge in [-0.2, -0.15) is 0 Å². The van der Waals surface area contributed by atoms with E-state index in [1.54, 1.807) is 23.1 Å². The second-order valence-corrected chi connectivity index (χ2v) is 7.47. The average molecular weight is 424 g/mol. The van der Waals surface area contributed by atoms with Gasteiger partial charge in [-0.05, 0) is 60.9 Å². The van der Waals surface area contributed by atoms with Crippen molar-refractivity contribution in [3.8, 4) is 17.2 Å². The first-order chi connectivity index (χ1) is 14.9. The zero-order valence-corrected chi connectivity index (χ0v) is 18.5. The summed E-state index contributed by atoms with van der Waals surface area (Å²) < 4.78 is 16.0. The average Bonchev–Trinajstić information content (AvgIpc) is 3.12. The molecule has 2 aromatic rings. The first-order valence-corrected chi connectivity index (χ1v) is 10.0. The minimum atomic E-state index is -0.270. The second-order valence-electron chi connectivity index (χ2n) is 7.47. The summed E-state index contributed by atoms with van der Waals surface area (Å²) in [6, 6.07) is 9.21. The summed E-state index contributed by atoms with van der Waals surface area (Å²) in [4.78, 5) is 26.6. The van der Waals surface area contributed by atoms with Crippen LogP contribution in [0.5, 0.6) is 17.2 Å². The number of hydrogen-bond acceptors (Lipinski definition) is 5. The lowest BCUT2D eigenvalue weighted by Crippen LogP contribution is -2.36. The molecule has 0 radical (unpaired) electrons. The summed E-state index contributed by atoms with van der Waals surface area (Å²) in [5.41, 5.74) is 3.89. The van der Waals surface area contributed by atoms with Gasteiger partial charge in [0.05, 0.1) is 27.4 Å². The third kappa shape index (κ3) is 4.99. The molecule has 31 heavy (non-hydrogen) atoms. The Morgan fingerprint density at radius 3 is 2.29 bits per heavy atom. The minimum absolute atomic E-state index is 0.00200. The number of methoxy groups -OCH3 is 3. The van der Waals surface area contributed by atoms with Gasteiger partial charge >= 0.3 is 0 Å². The molecule has 1 aliphatic rings. The Morgan fingerprint density at radius 2 is 1.71 bits per heavy atom. The third-order valence-corrected chi connectivity index (χ3v) is 5.39. The number of carbonyl (C=O) groups excluding carboxylic acids is 2. The lowest BCUT2D eigenvalue weighted by molar-refractivity contribution is -0.117. The zero-order valence-electron chi connectivity index (χ0n) is 18.5. The van der Waals surface area contributed by atoms with E-state index in [4.69, 9.17) is 14.2 Å². The summed E-state index contributed by atoms with van der Waals surface area (Å²) in [5, 5.41) is 2.91. The lowest BCUT2D eigenvalue weighted by Gasteiger charge is -2.18. The molecule has 0 bridgehead atoms. The van der Waals surface area contributed by atoms with Gasteiger partial charge in [0.15, 0.2) is 11.5 Å². The quantitative estimate of drug-likeness (QED) is 0.691. The predicted molar refractivity (Wildman–Crippen MR) is 120 cm³/mol. The fourth-order valence-corrected chi connectivity index (χ4v) is 3.57. The largest absolute Gasteiger partial charge is 0.493 e. The maximum atomic E-state index is 12.5. The number of carbonyl (C=O) groups is 2. The summed E-state index contributed by atoms with van der Waals surface area (Å²) in [5.74, 6) is 1.23. The van der Waals surface area contributed by atoms with Crippen LogP contribution in [0.25, 0.3) is 6.08 Å². The topological polar surface area (TPSA) is 77.1 Å². The molecule has 1 aliphatic heterocycles. The molecule has 2 amide bonds. The number of nitrogens with one attached hydrogen (secondary N) is 1. The van der Waals surface area contributed by atoms with Gasteiger partial charge in [0.1, 0.15) is 0 Å². The summed E-state index contributed by atoms with van der Waals surface area (Å²) >= 11 is 0. The lowest BCUT2D eigenvalue weighted by atomic mass is 10.1. The molecule has 1 heterocycles. The van der Waals surface area contributed by atoms with Crippen LogP contribution in [-0.4, -0.2) is 45.7 Å². The van der Waals surface area contributed by atoms with Crippen LogP contribution in [0.4, 0.5) is 5.69 Å². The van der Waals surface area contributed by atoms with Crippen molar-refractivity contribution in [2.45, 2.75) is 26.3 Å². The van der Waals surface area contributed by atoms with Gasteiger partial charge in [0, 0.05) is 24.7 Å². The van der Waals surface area contributed by atoms with Crippen LogP contribution < -0.4 is 24.4 Å². The highest BCUT2D eigenvalue weighted by atomic mass is 16.5. The van der Waals surface area contributed by atoms with Crippen LogP contribution in [0.1, 0.15) is 23.1 Å². The van der Waals surface area contributed by atoms with E-state index >= 15 is 0 Å². The van der Waals surface area contributed by atoms with Crippen molar-refractivity contribution >= 4 is 23.6 Å². The van der Waals surface area contributed by atoms with Crippen LogP contribution >= 0.6 is 0 Å². The molecule has 0 spiro atoms. The van der Waals surface area contributed by atoms with E-state index in [0.717, 1.165) is 16.8 Å². The first-order valence-electron chi connectivity index (χ1n) is 10.0. The SMILES string of the molecule is COc1cc(/C=C/C(=O)NC2CC(=O)N(c3ccc(C)c(C)c3)C2)cc(OC)c1OC. The van der Waals surface area contributed by atoms with E-state index in [9.17, 15) is 9.59 Å². The summed E-state index contributed by atoms with van der Waals surface area (Å²) in [6.07, 6.45) is 3.37. The summed E-state index contributed by atoms with van der Waals surface area (Å²) in [6.45, 7) is 4.51. The van der Waals surface area contributed by atoms with Crippen molar-refractivity contribution in [1.29, 1.82) is 0 Å². The van der Waals surface area contributed by atoms with E-state index < -0.39 is 0 Å². The number of anilines is 1. The molecule has 7 nitrogen and oxygen atoms in total. The number of rotatable bonds is 7. The van der Waals surface area contributed by atoms with Crippen LogP contribution in [0.15, 0.2) is 36.4 Å². The van der Waals surface area contributed by atoms with Gasteiger partial charge < -0.3 is 24.4 Å². The molecule has 1 unspecified atom stereocenters. The number of aryl methyl sites for hydroxylation is 2. The first kappa shape index (κ1) is 22.2. The van der Waals surface area contributed by atoms with Crippen LogP contribution in [0, 0.1) is 13.8 Å². The molecule has 2 aromatic carbocycles. The molecule has 1 atom stereocenters. The number of hydrogen-bond donors (Lipinski definition) is 1. The van der Waals surface area contributed by atoms with Gasteiger partial charge in [0.25, 0.3) is 0 Å². The Hall–Kier alpha value is -3.48. The van der Waals surface area contributed by atoms with Crippen LogP contribution in [0.3, 0.4) is 0 Å². The predicted octanol–water partition coefficient (Wildman–Crippen LogP) is 3.26. The van der Waals surface area contributed by atoms with Crippen LogP contribution in [0.2, 0.25) is 0 Å². The van der Waals surface area contributed by atoms with Gasteiger partial charge in [0.2, 0.25) is 17.6 Å². The van der Waals surface area contributed by atoms with E-state index in [2.05, 4.69) is 5.32 Å². The molecular weight excluding hydrogens is 396 g/mol. The number of nitrogens with zero attached hydrogens (tertiary/aromatic N) is 1. The molecule has 7 heteroatoms. The molecule has 164 valence electrons. The van der Waals surface area contributed by atoms with E-state index in [1.807, 2.05) is 32.0 Å². The normalized spacial score (nSPS) is 16.0. The van der Waals surface area contributed by atoms with Crippen molar-refractivity contribution in [2.24, 2.45) is 0 Å². The van der Waals surface area contributed by atoms with Crippen molar-refractivity contribution < 1.29 is 23.8 Å². The Balaban J connectivity index is 1.66. The molecular formula is C24H28N2O5. The molecule has 1 fully saturated rings. The Bertz CT molecular complexity index is 990. The third-order valence-electron chi connectivity index (χ3n) is 5.39. The number of ether oxygens (including phenoxy) is 3. The maximum absolute atomic E-state index is 12.5. The number of amides is 2. The van der Waals surface area contributed by atoms with Gasteiger partial charge in [-0.3, -0.25) is 9.59 Å². The van der Waals surface area contributed by atoms with Crippen molar-refractivity contribution in [1.82, 2.24) is 5.32 Å². The highest BCUT2D eigenvalue weighted by molar-refractivity contribution is 5.98. The minimum Gasteiger partial charge on any atom is -0.493 e. The highest BCUT2D eigenvalue weighted by Gasteiger charge is 2.31. The van der Waals surface area contributed by atoms with Crippen LogP contribution in [-0.2, 0) is 9.59 Å². The standard InChI is InChI=1S/C24H28N2O5/c1-15-6-8-19(10-16(15)2)26-14-18(13-23(26)28)25-22(27)9-7-17-11-20(29-3)24(31-5)21(12-17)30-4/h6-12,18H,13-14H2,1-5H3,(H,25,27)/b9-7+. The van der Waals surface area contributed by atoms with Crippen molar-refractivity contribution in [3.05, 3.63) is 53.1 Å². The van der Waals surface area contributed by atoms with E-state index in [-0.39, 0.29) is 24.3 Å². The monoisotopic (exact) mass is 424 g/mol. The van der Waals surface area contributed by atoms with Gasteiger partial charge in [-0.15, -0.1) is 0 Å². The molecule has 3 rings (SSSR count). The Morgan fingerprint density at radius 1 is 1.03 bits per heavy atom. The Labute approximate surface area is 182 Å². The number of benzene rings is 2. The van der Waals surface area contributed by atoms with E-state index in [0.29, 0.717) is 23.8 Å². The molecule has 1 saturated heterocycles. The highest BCUT2D eigenvalue weighted by Crippen LogP contribution is 2.38. The molecule has 1 N–H and O–H groups in total. The van der Waals surface area contributed by atoms with Crippen molar-refractivity contribution in [3.63, 3.8) is 0 Å². The molecule has 0 aromatic heterocycles. The summed E-state index contributed by atoms with van der Waals surface area (Å²) in [7, 11) is 4.61. The second kappa shape index (κ2) is 9.55. The fraction of sp³-hybridized carbons (Fsp3) is 0.333. The van der Waals surface area contributed by atoms with E-state index in [1.165, 1.54) is 33.0 Å².